The Morgan fingerprint density at radius 3 is 2.29 bits per heavy atom. The van der Waals surface area contributed by atoms with E-state index in [0.29, 0.717) is 32.8 Å². The largest absolute Gasteiger partial charge is 0.388 e. The van der Waals surface area contributed by atoms with Crippen LogP contribution in [0.1, 0.15) is 12.8 Å². The highest BCUT2D eigenvalue weighted by Gasteiger charge is 1.92. The van der Waals surface area contributed by atoms with Gasteiger partial charge in [-0.25, -0.2) is 0 Å². The Kier molecular flexibility index (Phi) is 9.95. The summed E-state index contributed by atoms with van der Waals surface area (Å²) in [4.78, 5) is 0. The van der Waals surface area contributed by atoms with Gasteiger partial charge in [0.2, 0.25) is 0 Å². The highest BCUT2D eigenvalue weighted by atomic mass is 16.5. The molecule has 0 unspecified atom stereocenters. The number of methoxy groups -OCH3 is 1. The van der Waals surface area contributed by atoms with Gasteiger partial charge in [0.1, 0.15) is 0 Å². The van der Waals surface area contributed by atoms with Crippen molar-refractivity contribution in [2.75, 3.05) is 40.1 Å². The van der Waals surface area contributed by atoms with Crippen LogP contribution < -0.4 is 5.73 Å². The molecule has 0 aliphatic heterocycles. The molecule has 0 spiro atoms. The molecule has 5 heteroatoms. The molecule has 0 aliphatic rings. The summed E-state index contributed by atoms with van der Waals surface area (Å²) in [6.45, 7) is 3.06. The maximum Gasteiger partial charge on any atom is 0.0928 e. The van der Waals surface area contributed by atoms with Gasteiger partial charge < -0.3 is 19.9 Å². The quantitative estimate of drug-likeness (QED) is 0.306. The third kappa shape index (κ3) is 11.4. The third-order valence-electron chi connectivity index (χ3n) is 1.52. The summed E-state index contributed by atoms with van der Waals surface area (Å²) in [5.74, 6) is 0.158. The van der Waals surface area contributed by atoms with Crippen LogP contribution in [-0.2, 0) is 14.2 Å². The Labute approximate surface area is 85.0 Å². The van der Waals surface area contributed by atoms with Crippen LogP contribution in [0.2, 0.25) is 0 Å². The minimum Gasteiger partial charge on any atom is -0.388 e. The van der Waals surface area contributed by atoms with E-state index in [1.165, 1.54) is 0 Å². The van der Waals surface area contributed by atoms with Crippen molar-refractivity contribution in [2.45, 2.75) is 12.8 Å². The second-order valence-electron chi connectivity index (χ2n) is 2.85. The van der Waals surface area contributed by atoms with Gasteiger partial charge >= 0.3 is 0 Å². The summed E-state index contributed by atoms with van der Waals surface area (Å²) in [5.41, 5.74) is 5.15. The van der Waals surface area contributed by atoms with E-state index in [4.69, 9.17) is 25.4 Å². The molecule has 0 bridgehead atoms. The van der Waals surface area contributed by atoms with E-state index in [0.717, 1.165) is 13.0 Å². The number of amidine groups is 1. The smallest absolute Gasteiger partial charge is 0.0928 e. The van der Waals surface area contributed by atoms with Crippen LogP contribution in [0.15, 0.2) is 0 Å². The fraction of sp³-hybridized carbons (Fsp3) is 0.889. The molecule has 0 atom stereocenters. The van der Waals surface area contributed by atoms with E-state index in [1.54, 1.807) is 7.11 Å². The minimum absolute atomic E-state index is 0.158. The second-order valence-corrected chi connectivity index (χ2v) is 2.85. The van der Waals surface area contributed by atoms with Crippen molar-refractivity contribution in [3.8, 4) is 0 Å². The van der Waals surface area contributed by atoms with E-state index in [-0.39, 0.29) is 5.84 Å². The number of hydrogen-bond acceptors (Lipinski definition) is 4. The van der Waals surface area contributed by atoms with Crippen LogP contribution in [-0.4, -0.2) is 46.0 Å². The van der Waals surface area contributed by atoms with E-state index in [1.807, 2.05) is 0 Å². The lowest BCUT2D eigenvalue weighted by molar-refractivity contribution is 0.0420. The van der Waals surface area contributed by atoms with Crippen LogP contribution in [0, 0.1) is 5.41 Å². The Morgan fingerprint density at radius 2 is 1.71 bits per heavy atom. The van der Waals surface area contributed by atoms with Crippen molar-refractivity contribution < 1.29 is 14.2 Å². The summed E-state index contributed by atoms with van der Waals surface area (Å²) < 4.78 is 15.3. The number of rotatable bonds is 10. The Hall–Kier alpha value is -0.650. The summed E-state index contributed by atoms with van der Waals surface area (Å²) in [6.07, 6.45) is 1.40. The Balaban J connectivity index is 2.88. The van der Waals surface area contributed by atoms with E-state index in [9.17, 15) is 0 Å². The van der Waals surface area contributed by atoms with Gasteiger partial charge in [0.25, 0.3) is 0 Å². The first kappa shape index (κ1) is 13.4. The topological polar surface area (TPSA) is 77.6 Å². The third-order valence-corrected chi connectivity index (χ3v) is 1.52. The number of nitrogens with one attached hydrogen (secondary N) is 1. The van der Waals surface area contributed by atoms with Gasteiger partial charge in [-0.05, 0) is 6.42 Å². The minimum atomic E-state index is 0.158. The molecule has 0 fully saturated rings. The zero-order valence-corrected chi connectivity index (χ0v) is 8.75. The summed E-state index contributed by atoms with van der Waals surface area (Å²) in [5, 5.41) is 6.94. The molecule has 0 aromatic heterocycles. The van der Waals surface area contributed by atoms with Crippen molar-refractivity contribution in [3.63, 3.8) is 0 Å². The number of nitrogens with two attached hydrogens (primary N) is 1. The standard InChI is InChI=1S/C9H20N2O3/c1-12-4-2-5-13-7-8-14-6-3-9(10)11/h2-8H2,1H3,(H3,10,11). The molecular weight excluding hydrogens is 184 g/mol. The van der Waals surface area contributed by atoms with Crippen LogP contribution in [0.5, 0.6) is 0 Å². The molecule has 14 heavy (non-hydrogen) atoms. The second kappa shape index (κ2) is 10.4. The van der Waals surface area contributed by atoms with Gasteiger partial charge in [0.15, 0.2) is 0 Å². The lowest BCUT2D eigenvalue weighted by Gasteiger charge is -2.04. The van der Waals surface area contributed by atoms with Gasteiger partial charge in [-0.2, -0.15) is 0 Å². The highest BCUT2D eigenvalue weighted by Crippen LogP contribution is 1.85. The molecule has 0 amide bonds. The normalized spacial score (nSPS) is 10.4. The lowest BCUT2D eigenvalue weighted by atomic mass is 10.4. The van der Waals surface area contributed by atoms with Gasteiger partial charge in [-0.1, -0.05) is 0 Å². The van der Waals surface area contributed by atoms with Crippen LogP contribution >= 0.6 is 0 Å². The van der Waals surface area contributed by atoms with Gasteiger partial charge in [0, 0.05) is 26.7 Å². The molecule has 0 saturated heterocycles. The van der Waals surface area contributed by atoms with Crippen LogP contribution in [0.25, 0.3) is 0 Å². The number of hydrogen-bond donors (Lipinski definition) is 2. The predicted octanol–water partition coefficient (Wildman–Crippen LogP) is 0.382. The van der Waals surface area contributed by atoms with Gasteiger partial charge in [0.05, 0.1) is 25.7 Å². The molecule has 5 nitrogen and oxygen atoms in total. The van der Waals surface area contributed by atoms with Crippen molar-refractivity contribution in [1.29, 1.82) is 5.41 Å². The summed E-state index contributed by atoms with van der Waals surface area (Å²) in [6, 6.07) is 0. The zero-order valence-electron chi connectivity index (χ0n) is 8.75. The van der Waals surface area contributed by atoms with Crippen LogP contribution in [0.4, 0.5) is 0 Å². The van der Waals surface area contributed by atoms with Crippen LogP contribution in [0.3, 0.4) is 0 Å². The van der Waals surface area contributed by atoms with Crippen molar-refractivity contribution in [2.24, 2.45) is 5.73 Å². The summed E-state index contributed by atoms with van der Waals surface area (Å²) in [7, 11) is 1.67. The average molecular weight is 204 g/mol. The molecule has 0 aromatic carbocycles. The molecule has 0 rings (SSSR count). The molecule has 0 heterocycles. The fourth-order valence-corrected chi connectivity index (χ4v) is 0.809. The Bertz CT molecular complexity index is 142. The Morgan fingerprint density at radius 1 is 1.07 bits per heavy atom. The van der Waals surface area contributed by atoms with E-state index >= 15 is 0 Å². The average Bonchev–Trinajstić information content (AvgIpc) is 2.15. The molecule has 0 aliphatic carbocycles. The first-order valence-electron chi connectivity index (χ1n) is 4.74. The predicted molar refractivity (Wildman–Crippen MR) is 54.7 cm³/mol. The lowest BCUT2D eigenvalue weighted by Crippen LogP contribution is -2.14. The molecule has 84 valence electrons. The molecule has 3 N–H and O–H groups in total. The molecular formula is C9H20N2O3. The monoisotopic (exact) mass is 204 g/mol. The van der Waals surface area contributed by atoms with Gasteiger partial charge in [-0.3, -0.25) is 5.41 Å². The maximum atomic E-state index is 6.94. The highest BCUT2D eigenvalue weighted by molar-refractivity contribution is 5.76. The first-order chi connectivity index (χ1) is 6.77. The maximum absolute atomic E-state index is 6.94. The SMILES string of the molecule is COCCCOCCOCCC(=N)N. The zero-order chi connectivity index (χ0) is 10.6. The van der Waals surface area contributed by atoms with Gasteiger partial charge in [-0.15, -0.1) is 0 Å². The molecule has 0 aromatic rings. The van der Waals surface area contributed by atoms with Crippen molar-refractivity contribution in [1.82, 2.24) is 0 Å². The summed E-state index contributed by atoms with van der Waals surface area (Å²) >= 11 is 0. The molecule has 0 radical (unpaired) electrons. The van der Waals surface area contributed by atoms with Crippen molar-refractivity contribution >= 4 is 5.84 Å². The number of ether oxygens (including phenoxy) is 3. The van der Waals surface area contributed by atoms with E-state index in [2.05, 4.69) is 0 Å². The van der Waals surface area contributed by atoms with Crippen molar-refractivity contribution in [3.05, 3.63) is 0 Å². The molecule has 0 saturated carbocycles. The fourth-order valence-electron chi connectivity index (χ4n) is 0.809. The first-order valence-corrected chi connectivity index (χ1v) is 4.74. The van der Waals surface area contributed by atoms with E-state index < -0.39 is 0 Å².